The van der Waals surface area contributed by atoms with Gasteiger partial charge in [0.25, 0.3) is 5.91 Å². The Morgan fingerprint density at radius 3 is 2.96 bits per heavy atom. The first-order valence-electron chi connectivity index (χ1n) is 8.56. The van der Waals surface area contributed by atoms with E-state index in [1.165, 1.54) is 6.42 Å². The summed E-state index contributed by atoms with van der Waals surface area (Å²) in [5.41, 5.74) is -0.242. The van der Waals surface area contributed by atoms with E-state index in [1.807, 2.05) is 13.8 Å². The molecule has 0 spiro atoms. The predicted molar refractivity (Wildman–Crippen MR) is 103 cm³/mol. The van der Waals surface area contributed by atoms with E-state index in [0.29, 0.717) is 28.2 Å². The van der Waals surface area contributed by atoms with Gasteiger partial charge in [-0.3, -0.25) is 4.79 Å². The summed E-state index contributed by atoms with van der Waals surface area (Å²) in [6.07, 6.45) is 2.99. The minimum absolute atomic E-state index is 0. The molecule has 1 aliphatic rings. The maximum atomic E-state index is 12.4. The lowest BCUT2D eigenvalue weighted by Gasteiger charge is -2.22. The van der Waals surface area contributed by atoms with Crippen molar-refractivity contribution < 1.29 is 9.32 Å². The molecule has 1 unspecified atom stereocenters. The lowest BCUT2D eigenvalue weighted by molar-refractivity contribution is 0.0907. The molecule has 0 radical (unpaired) electrons. The van der Waals surface area contributed by atoms with Crippen molar-refractivity contribution in [3.05, 3.63) is 46.6 Å². The van der Waals surface area contributed by atoms with E-state index >= 15 is 0 Å². The van der Waals surface area contributed by atoms with Gasteiger partial charge in [0.1, 0.15) is 0 Å². The van der Waals surface area contributed by atoms with E-state index in [4.69, 9.17) is 16.1 Å². The molecule has 2 N–H and O–H groups in total. The zero-order valence-corrected chi connectivity index (χ0v) is 16.5. The standard InChI is InChI=1S/C18H23ClN4O2.ClH/c1-18(2,22-16(24)13-4-3-5-14(19)10-13)17-21-15(25-23-17)7-6-12-8-9-20-11-12;/h3-5,10,12,20H,6-9,11H2,1-2H3,(H,22,24);1H. The first-order valence-corrected chi connectivity index (χ1v) is 8.94. The van der Waals surface area contributed by atoms with E-state index < -0.39 is 5.54 Å². The van der Waals surface area contributed by atoms with E-state index in [-0.39, 0.29) is 18.3 Å². The molecule has 1 aromatic heterocycles. The van der Waals surface area contributed by atoms with E-state index in [2.05, 4.69) is 20.8 Å². The largest absolute Gasteiger partial charge is 0.340 e. The van der Waals surface area contributed by atoms with Gasteiger partial charge in [0, 0.05) is 17.0 Å². The fourth-order valence-corrected chi connectivity index (χ4v) is 3.13. The smallest absolute Gasteiger partial charge is 0.252 e. The molecule has 0 aliphatic carbocycles. The van der Waals surface area contributed by atoms with Gasteiger partial charge in [-0.05, 0) is 63.9 Å². The van der Waals surface area contributed by atoms with Gasteiger partial charge in [0.05, 0.1) is 5.54 Å². The molecule has 0 bridgehead atoms. The van der Waals surface area contributed by atoms with Crippen LogP contribution in [0.4, 0.5) is 0 Å². The highest BCUT2D eigenvalue weighted by Crippen LogP contribution is 2.20. The number of hydrogen-bond donors (Lipinski definition) is 2. The Hall–Kier alpha value is -1.63. The van der Waals surface area contributed by atoms with Crippen molar-refractivity contribution in [1.82, 2.24) is 20.8 Å². The fourth-order valence-electron chi connectivity index (χ4n) is 2.94. The first kappa shape index (κ1) is 20.7. The summed E-state index contributed by atoms with van der Waals surface area (Å²) in [7, 11) is 0. The summed E-state index contributed by atoms with van der Waals surface area (Å²) < 4.78 is 5.36. The van der Waals surface area contributed by atoms with Crippen molar-refractivity contribution >= 4 is 29.9 Å². The third-order valence-electron chi connectivity index (χ3n) is 4.47. The zero-order chi connectivity index (χ0) is 17.9. The Labute approximate surface area is 164 Å². The summed E-state index contributed by atoms with van der Waals surface area (Å²) in [6.45, 7) is 5.85. The second kappa shape index (κ2) is 8.84. The Kier molecular flexibility index (Phi) is 7.03. The molecular weight excluding hydrogens is 375 g/mol. The van der Waals surface area contributed by atoms with Crippen molar-refractivity contribution in [1.29, 1.82) is 0 Å². The van der Waals surface area contributed by atoms with Crippen LogP contribution in [-0.4, -0.2) is 29.1 Å². The van der Waals surface area contributed by atoms with Crippen molar-refractivity contribution in [3.8, 4) is 0 Å². The number of carbonyl (C=O) groups is 1. The number of aryl methyl sites for hydroxylation is 1. The summed E-state index contributed by atoms with van der Waals surface area (Å²) in [5, 5.41) is 10.9. The van der Waals surface area contributed by atoms with E-state index in [0.717, 1.165) is 25.9 Å². The average Bonchev–Trinajstić information content (AvgIpc) is 3.24. The quantitative estimate of drug-likeness (QED) is 0.779. The van der Waals surface area contributed by atoms with E-state index in [1.54, 1.807) is 24.3 Å². The normalized spacial score (nSPS) is 17.0. The number of carbonyl (C=O) groups excluding carboxylic acids is 1. The molecule has 1 aliphatic heterocycles. The molecule has 3 rings (SSSR count). The molecule has 1 aromatic carbocycles. The number of aromatic nitrogens is 2. The van der Waals surface area contributed by atoms with Crippen LogP contribution in [0, 0.1) is 5.92 Å². The first-order chi connectivity index (χ1) is 11.9. The molecule has 26 heavy (non-hydrogen) atoms. The molecule has 1 fully saturated rings. The van der Waals surface area contributed by atoms with Gasteiger partial charge < -0.3 is 15.2 Å². The van der Waals surface area contributed by atoms with Crippen molar-refractivity contribution in [2.24, 2.45) is 5.92 Å². The number of benzene rings is 1. The fraction of sp³-hybridized carbons (Fsp3) is 0.500. The molecule has 6 nitrogen and oxygen atoms in total. The van der Waals surface area contributed by atoms with Crippen molar-refractivity contribution in [3.63, 3.8) is 0 Å². The van der Waals surface area contributed by atoms with Crippen LogP contribution in [0.2, 0.25) is 5.02 Å². The Bertz CT molecular complexity index is 742. The molecule has 142 valence electrons. The van der Waals surface area contributed by atoms with Crippen LogP contribution in [0.3, 0.4) is 0 Å². The molecule has 8 heteroatoms. The summed E-state index contributed by atoms with van der Waals surface area (Å²) in [6, 6.07) is 6.82. The van der Waals surface area contributed by atoms with Crippen LogP contribution in [-0.2, 0) is 12.0 Å². The Morgan fingerprint density at radius 2 is 2.27 bits per heavy atom. The van der Waals surface area contributed by atoms with Gasteiger partial charge in [-0.2, -0.15) is 4.98 Å². The average molecular weight is 399 g/mol. The van der Waals surface area contributed by atoms with Crippen LogP contribution in [0.15, 0.2) is 28.8 Å². The van der Waals surface area contributed by atoms with Crippen LogP contribution in [0.1, 0.15) is 48.8 Å². The molecule has 1 saturated heterocycles. The van der Waals surface area contributed by atoms with Gasteiger partial charge in [-0.15, -0.1) is 12.4 Å². The van der Waals surface area contributed by atoms with Crippen molar-refractivity contribution in [2.45, 2.75) is 38.6 Å². The van der Waals surface area contributed by atoms with Gasteiger partial charge in [-0.25, -0.2) is 0 Å². The monoisotopic (exact) mass is 398 g/mol. The van der Waals surface area contributed by atoms with Gasteiger partial charge in [0.15, 0.2) is 5.82 Å². The molecule has 2 aromatic rings. The topological polar surface area (TPSA) is 80.0 Å². The second-order valence-corrected chi connectivity index (χ2v) is 7.44. The second-order valence-electron chi connectivity index (χ2n) is 7.00. The lowest BCUT2D eigenvalue weighted by atomic mass is 10.0. The molecule has 2 heterocycles. The third kappa shape index (κ3) is 5.19. The van der Waals surface area contributed by atoms with Crippen LogP contribution < -0.4 is 10.6 Å². The van der Waals surface area contributed by atoms with Crippen LogP contribution in [0.5, 0.6) is 0 Å². The number of rotatable bonds is 6. The molecule has 0 saturated carbocycles. The van der Waals surface area contributed by atoms with Crippen molar-refractivity contribution in [2.75, 3.05) is 13.1 Å². The number of hydrogen-bond acceptors (Lipinski definition) is 5. The van der Waals surface area contributed by atoms with E-state index in [9.17, 15) is 4.79 Å². The van der Waals surface area contributed by atoms with Crippen LogP contribution >= 0.6 is 24.0 Å². The summed E-state index contributed by atoms with van der Waals surface area (Å²) in [4.78, 5) is 16.9. The Morgan fingerprint density at radius 1 is 1.46 bits per heavy atom. The van der Waals surface area contributed by atoms with Gasteiger partial charge in [-0.1, -0.05) is 22.8 Å². The summed E-state index contributed by atoms with van der Waals surface area (Å²) >= 11 is 5.94. The van der Waals surface area contributed by atoms with Gasteiger partial charge >= 0.3 is 0 Å². The minimum atomic E-state index is -0.740. The highest BCUT2D eigenvalue weighted by Gasteiger charge is 2.29. The Balaban J connectivity index is 0.00000243. The minimum Gasteiger partial charge on any atom is -0.340 e. The maximum Gasteiger partial charge on any atom is 0.252 e. The SMILES string of the molecule is CC(C)(NC(=O)c1cccc(Cl)c1)c1noc(CCC2CCNC2)n1.Cl. The predicted octanol–water partition coefficient (Wildman–Crippen LogP) is 3.35. The number of halogens is 2. The maximum absolute atomic E-state index is 12.4. The van der Waals surface area contributed by atoms with Gasteiger partial charge in [0.2, 0.25) is 5.89 Å². The highest BCUT2D eigenvalue weighted by atomic mass is 35.5. The zero-order valence-electron chi connectivity index (χ0n) is 14.9. The lowest BCUT2D eigenvalue weighted by Crippen LogP contribution is -2.41. The molecular formula is C18H24Cl2N4O2. The highest BCUT2D eigenvalue weighted by molar-refractivity contribution is 6.30. The summed E-state index contributed by atoms with van der Waals surface area (Å²) in [5.74, 6) is 1.54. The molecule has 1 atom stereocenters. The number of amides is 1. The third-order valence-corrected chi connectivity index (χ3v) is 4.70. The molecule has 1 amide bonds. The van der Waals surface area contributed by atoms with Crippen LogP contribution in [0.25, 0.3) is 0 Å². The number of nitrogens with one attached hydrogen (secondary N) is 2. The number of nitrogens with zero attached hydrogens (tertiary/aromatic N) is 2.